The first-order valence-corrected chi connectivity index (χ1v) is 8.69. The number of hydrogen-bond donors (Lipinski definition) is 1. The number of sulfone groups is 1. The van der Waals surface area contributed by atoms with Gasteiger partial charge in [0.25, 0.3) is 0 Å². The van der Waals surface area contributed by atoms with Crippen LogP contribution in [0, 0.1) is 0 Å². The molecule has 0 aromatic heterocycles. The van der Waals surface area contributed by atoms with Gasteiger partial charge in [0.15, 0.2) is 9.84 Å². The zero-order valence-electron chi connectivity index (χ0n) is 11.7. The quantitative estimate of drug-likeness (QED) is 0.801. The van der Waals surface area contributed by atoms with Gasteiger partial charge in [-0.05, 0) is 37.1 Å². The van der Waals surface area contributed by atoms with Gasteiger partial charge in [0.2, 0.25) is 0 Å². The summed E-state index contributed by atoms with van der Waals surface area (Å²) < 4.78 is 33.5. The Balaban J connectivity index is 1.71. The van der Waals surface area contributed by atoms with Crippen LogP contribution in [0.4, 0.5) is 0 Å². The molecule has 5 nitrogen and oxygen atoms in total. The topological polar surface area (TPSA) is 64.6 Å². The lowest BCUT2D eigenvalue weighted by Crippen LogP contribution is -2.37. The number of ether oxygens (including phenoxy) is 2. The smallest absolute Gasteiger partial charge is 0.175 e. The van der Waals surface area contributed by atoms with E-state index in [1.165, 1.54) is 6.26 Å². The van der Waals surface area contributed by atoms with E-state index in [1.54, 1.807) is 24.3 Å². The first kappa shape index (κ1) is 15.3. The van der Waals surface area contributed by atoms with Crippen LogP contribution >= 0.6 is 0 Å². The third kappa shape index (κ3) is 4.77. The van der Waals surface area contributed by atoms with Gasteiger partial charge in [-0.15, -0.1) is 0 Å². The minimum absolute atomic E-state index is 0.310. The maximum Gasteiger partial charge on any atom is 0.175 e. The molecule has 6 heteroatoms. The van der Waals surface area contributed by atoms with E-state index in [4.69, 9.17) is 9.47 Å². The van der Waals surface area contributed by atoms with Crippen LogP contribution in [-0.2, 0) is 14.6 Å². The predicted molar refractivity (Wildman–Crippen MR) is 76.9 cm³/mol. The normalized spacial score (nSPS) is 17.1. The Labute approximate surface area is 120 Å². The van der Waals surface area contributed by atoms with Crippen molar-refractivity contribution in [2.24, 2.45) is 0 Å². The molecule has 0 spiro atoms. The lowest BCUT2D eigenvalue weighted by molar-refractivity contribution is 0.0770. The highest BCUT2D eigenvalue weighted by Gasteiger charge is 2.12. The Morgan fingerprint density at radius 2 is 1.90 bits per heavy atom. The zero-order chi connectivity index (χ0) is 14.4. The molecule has 20 heavy (non-hydrogen) atoms. The van der Waals surface area contributed by atoms with Crippen molar-refractivity contribution in [3.05, 3.63) is 24.3 Å². The molecule has 0 amide bonds. The van der Waals surface area contributed by atoms with E-state index in [0.717, 1.165) is 32.6 Å². The van der Waals surface area contributed by atoms with Crippen molar-refractivity contribution < 1.29 is 17.9 Å². The molecule has 1 aliphatic rings. The molecule has 1 aromatic carbocycles. The Hall–Kier alpha value is -1.11. The van der Waals surface area contributed by atoms with Crippen LogP contribution in [0.25, 0.3) is 0 Å². The van der Waals surface area contributed by atoms with E-state index in [9.17, 15) is 8.42 Å². The zero-order valence-corrected chi connectivity index (χ0v) is 12.5. The summed E-state index contributed by atoms with van der Waals surface area (Å²) >= 11 is 0. The van der Waals surface area contributed by atoms with Gasteiger partial charge in [-0.25, -0.2) is 8.42 Å². The molecule has 1 aliphatic heterocycles. The van der Waals surface area contributed by atoms with Crippen LogP contribution in [0.1, 0.15) is 12.8 Å². The summed E-state index contributed by atoms with van der Waals surface area (Å²) in [6.07, 6.45) is 3.28. The maximum absolute atomic E-state index is 11.3. The first-order chi connectivity index (χ1) is 9.55. The predicted octanol–water partition coefficient (Wildman–Crippen LogP) is 1.24. The molecule has 0 radical (unpaired) electrons. The van der Waals surface area contributed by atoms with Crippen molar-refractivity contribution in [2.75, 3.05) is 32.6 Å². The fourth-order valence-corrected chi connectivity index (χ4v) is 2.75. The van der Waals surface area contributed by atoms with Gasteiger partial charge in [0.1, 0.15) is 12.4 Å². The van der Waals surface area contributed by atoms with Crippen LogP contribution < -0.4 is 10.1 Å². The molecule has 0 aliphatic carbocycles. The van der Waals surface area contributed by atoms with E-state index >= 15 is 0 Å². The first-order valence-electron chi connectivity index (χ1n) is 6.80. The summed E-state index contributed by atoms with van der Waals surface area (Å²) in [7, 11) is -3.14. The minimum Gasteiger partial charge on any atom is -0.492 e. The van der Waals surface area contributed by atoms with E-state index in [2.05, 4.69) is 5.32 Å². The van der Waals surface area contributed by atoms with Crippen molar-refractivity contribution in [1.29, 1.82) is 0 Å². The molecular formula is C14H21NO4S. The summed E-state index contributed by atoms with van der Waals surface area (Å²) in [5, 5.41) is 3.43. The van der Waals surface area contributed by atoms with Gasteiger partial charge < -0.3 is 14.8 Å². The summed E-state index contributed by atoms with van der Waals surface area (Å²) in [5.41, 5.74) is 0. The van der Waals surface area contributed by atoms with Crippen LogP contribution in [-0.4, -0.2) is 47.1 Å². The molecule has 1 saturated heterocycles. The summed E-state index contributed by atoms with van der Waals surface area (Å²) in [5.74, 6) is 0.686. The molecule has 0 unspecified atom stereocenters. The number of hydrogen-bond acceptors (Lipinski definition) is 5. The highest BCUT2D eigenvalue weighted by molar-refractivity contribution is 7.90. The largest absolute Gasteiger partial charge is 0.492 e. The van der Waals surface area contributed by atoms with Crippen molar-refractivity contribution in [1.82, 2.24) is 5.32 Å². The van der Waals surface area contributed by atoms with E-state index < -0.39 is 9.84 Å². The standard InChI is InChI=1S/C14H21NO4S/c1-20(16,17)14-4-2-13(3-5-14)19-11-8-15-12-6-9-18-10-7-12/h2-5,12,15H,6-11H2,1H3. The second kappa shape index (κ2) is 7.06. The molecule has 1 heterocycles. The number of rotatable bonds is 6. The second-order valence-electron chi connectivity index (χ2n) is 4.93. The van der Waals surface area contributed by atoms with E-state index in [0.29, 0.717) is 23.3 Å². The van der Waals surface area contributed by atoms with Crippen LogP contribution in [0.15, 0.2) is 29.2 Å². The Morgan fingerprint density at radius 1 is 1.25 bits per heavy atom. The van der Waals surface area contributed by atoms with Gasteiger partial charge in [-0.2, -0.15) is 0 Å². The lowest BCUT2D eigenvalue weighted by atomic mass is 10.1. The molecule has 1 fully saturated rings. The Morgan fingerprint density at radius 3 is 2.50 bits per heavy atom. The fraction of sp³-hybridized carbons (Fsp3) is 0.571. The van der Waals surface area contributed by atoms with Crippen molar-refractivity contribution in [3.8, 4) is 5.75 Å². The van der Waals surface area contributed by atoms with Gasteiger partial charge in [-0.1, -0.05) is 0 Å². The molecule has 0 bridgehead atoms. The highest BCUT2D eigenvalue weighted by atomic mass is 32.2. The van der Waals surface area contributed by atoms with Crippen molar-refractivity contribution in [3.63, 3.8) is 0 Å². The van der Waals surface area contributed by atoms with Crippen LogP contribution in [0.2, 0.25) is 0 Å². The van der Waals surface area contributed by atoms with Gasteiger partial charge in [0, 0.05) is 32.1 Å². The molecule has 1 N–H and O–H groups in total. The van der Waals surface area contributed by atoms with Crippen molar-refractivity contribution in [2.45, 2.75) is 23.8 Å². The van der Waals surface area contributed by atoms with Crippen molar-refractivity contribution >= 4 is 9.84 Å². The van der Waals surface area contributed by atoms with Gasteiger partial charge >= 0.3 is 0 Å². The average molecular weight is 299 g/mol. The molecular weight excluding hydrogens is 278 g/mol. The summed E-state index contributed by atoms with van der Waals surface area (Å²) in [6.45, 7) is 2.99. The minimum atomic E-state index is -3.14. The number of nitrogens with one attached hydrogen (secondary N) is 1. The van der Waals surface area contributed by atoms with Gasteiger partial charge in [-0.3, -0.25) is 0 Å². The lowest BCUT2D eigenvalue weighted by Gasteiger charge is -2.23. The third-order valence-electron chi connectivity index (χ3n) is 3.28. The summed E-state index contributed by atoms with van der Waals surface area (Å²) in [4.78, 5) is 0.310. The molecule has 0 saturated carbocycles. The molecule has 0 atom stereocenters. The van der Waals surface area contributed by atoms with Gasteiger partial charge in [0.05, 0.1) is 4.90 Å². The highest BCUT2D eigenvalue weighted by Crippen LogP contribution is 2.15. The average Bonchev–Trinajstić information content (AvgIpc) is 2.44. The Kier molecular flexibility index (Phi) is 5.39. The third-order valence-corrected chi connectivity index (χ3v) is 4.41. The van der Waals surface area contributed by atoms with Crippen LogP contribution in [0.3, 0.4) is 0 Å². The summed E-state index contributed by atoms with van der Waals surface area (Å²) in [6, 6.07) is 7.02. The monoisotopic (exact) mass is 299 g/mol. The Bertz CT molecular complexity index is 506. The second-order valence-corrected chi connectivity index (χ2v) is 6.95. The molecule has 112 valence electrons. The number of benzene rings is 1. The molecule has 2 rings (SSSR count). The molecule has 1 aromatic rings. The maximum atomic E-state index is 11.3. The van der Waals surface area contributed by atoms with E-state index in [-0.39, 0.29) is 0 Å². The SMILES string of the molecule is CS(=O)(=O)c1ccc(OCCNC2CCOCC2)cc1. The van der Waals surface area contributed by atoms with Crippen LogP contribution in [0.5, 0.6) is 5.75 Å². The fourth-order valence-electron chi connectivity index (χ4n) is 2.12. The van der Waals surface area contributed by atoms with E-state index in [1.807, 2.05) is 0 Å².